The molecule has 0 aromatic heterocycles. The van der Waals surface area contributed by atoms with Gasteiger partial charge in [-0.25, -0.2) is 0 Å². The van der Waals surface area contributed by atoms with Crippen molar-refractivity contribution in [2.45, 2.75) is 39.0 Å². The molecule has 2 rings (SSSR count). The van der Waals surface area contributed by atoms with Crippen LogP contribution in [-0.2, 0) is 4.74 Å². The topological polar surface area (TPSA) is 9.23 Å². The average Bonchev–Trinajstić information content (AvgIpc) is 2.49. The van der Waals surface area contributed by atoms with Crippen LogP contribution in [0.25, 0.3) is 6.08 Å². The van der Waals surface area contributed by atoms with Gasteiger partial charge in [-0.1, -0.05) is 53.6 Å². The van der Waals surface area contributed by atoms with Crippen LogP contribution in [0.2, 0.25) is 0 Å². The normalized spacial score (nSPS) is 19.9. The monoisotopic (exact) mass is 335 g/mol. The zero-order chi connectivity index (χ0) is 14.2. The van der Waals surface area contributed by atoms with Gasteiger partial charge < -0.3 is 4.74 Å². The molecule has 1 heterocycles. The standard InChI is InChI=1S/C18H24BrO/c1-2-5-16(17-8-4-13-20-14-17)7-3-6-15-9-11-18(19)12-10-15/h3,6,9-12,17H,2,4-5,7-8,13-14H2,1H3. The van der Waals surface area contributed by atoms with Crippen LogP contribution in [0.3, 0.4) is 0 Å². The van der Waals surface area contributed by atoms with Crippen LogP contribution in [0.4, 0.5) is 0 Å². The summed E-state index contributed by atoms with van der Waals surface area (Å²) in [6.45, 7) is 4.15. The van der Waals surface area contributed by atoms with Gasteiger partial charge in [-0.15, -0.1) is 0 Å². The van der Waals surface area contributed by atoms with Gasteiger partial charge in [0.15, 0.2) is 0 Å². The van der Waals surface area contributed by atoms with Gasteiger partial charge in [0.05, 0.1) is 0 Å². The lowest BCUT2D eigenvalue weighted by atomic mass is 9.82. The summed E-state index contributed by atoms with van der Waals surface area (Å²) in [6.07, 6.45) is 10.6. The van der Waals surface area contributed by atoms with E-state index in [0.29, 0.717) is 5.92 Å². The van der Waals surface area contributed by atoms with E-state index in [1.165, 1.54) is 31.2 Å². The Morgan fingerprint density at radius 1 is 1.35 bits per heavy atom. The van der Waals surface area contributed by atoms with Crippen molar-refractivity contribution in [2.75, 3.05) is 13.2 Å². The Hall–Kier alpha value is -0.600. The average molecular weight is 336 g/mol. The smallest absolute Gasteiger partial charge is 0.0499 e. The highest BCUT2D eigenvalue weighted by molar-refractivity contribution is 9.10. The van der Waals surface area contributed by atoms with Crippen LogP contribution in [0, 0.1) is 11.8 Å². The Morgan fingerprint density at radius 2 is 2.15 bits per heavy atom. The summed E-state index contributed by atoms with van der Waals surface area (Å²) in [4.78, 5) is 0. The molecule has 2 heteroatoms. The molecule has 1 unspecified atom stereocenters. The molecule has 1 aromatic rings. The van der Waals surface area contributed by atoms with Crippen LogP contribution >= 0.6 is 15.9 Å². The second-order valence-electron chi connectivity index (χ2n) is 5.48. The predicted octanol–water partition coefficient (Wildman–Crippen LogP) is 5.65. The Morgan fingerprint density at radius 3 is 2.80 bits per heavy atom. The van der Waals surface area contributed by atoms with Crippen LogP contribution in [0.1, 0.15) is 44.6 Å². The fourth-order valence-corrected chi connectivity index (χ4v) is 3.04. The minimum atomic E-state index is 0.679. The van der Waals surface area contributed by atoms with Gasteiger partial charge in [-0.05, 0) is 55.2 Å². The quantitative estimate of drug-likeness (QED) is 0.652. The summed E-state index contributed by atoms with van der Waals surface area (Å²) < 4.78 is 6.77. The van der Waals surface area contributed by atoms with Crippen LogP contribution in [-0.4, -0.2) is 13.2 Å². The molecule has 1 radical (unpaired) electrons. The third-order valence-electron chi connectivity index (χ3n) is 3.87. The van der Waals surface area contributed by atoms with E-state index >= 15 is 0 Å². The summed E-state index contributed by atoms with van der Waals surface area (Å²) in [5, 5.41) is 0. The third kappa shape index (κ3) is 5.06. The molecular formula is C18H24BrO. The minimum absolute atomic E-state index is 0.679. The second kappa shape index (κ2) is 8.63. The minimum Gasteiger partial charge on any atom is -0.381 e. The molecule has 20 heavy (non-hydrogen) atoms. The maximum Gasteiger partial charge on any atom is 0.0499 e. The van der Waals surface area contributed by atoms with E-state index in [9.17, 15) is 0 Å². The highest BCUT2D eigenvalue weighted by Gasteiger charge is 2.22. The summed E-state index contributed by atoms with van der Waals surface area (Å²) in [7, 11) is 0. The predicted molar refractivity (Wildman–Crippen MR) is 89.5 cm³/mol. The van der Waals surface area contributed by atoms with E-state index in [1.807, 2.05) is 0 Å². The van der Waals surface area contributed by atoms with Gasteiger partial charge in [0.25, 0.3) is 0 Å². The number of halogens is 1. The maximum absolute atomic E-state index is 5.64. The van der Waals surface area contributed by atoms with E-state index in [1.54, 1.807) is 5.92 Å². The van der Waals surface area contributed by atoms with Crippen molar-refractivity contribution in [3.63, 3.8) is 0 Å². The first kappa shape index (κ1) is 15.8. The van der Waals surface area contributed by atoms with E-state index in [4.69, 9.17) is 4.74 Å². The largest absolute Gasteiger partial charge is 0.381 e. The molecule has 1 aliphatic rings. The van der Waals surface area contributed by atoms with Gasteiger partial charge in [0, 0.05) is 17.7 Å². The van der Waals surface area contributed by atoms with E-state index in [0.717, 1.165) is 24.1 Å². The molecule has 1 saturated heterocycles. The van der Waals surface area contributed by atoms with Gasteiger partial charge in [0.2, 0.25) is 0 Å². The van der Waals surface area contributed by atoms with Gasteiger partial charge in [0.1, 0.15) is 0 Å². The number of hydrogen-bond donors (Lipinski definition) is 0. The number of hydrogen-bond acceptors (Lipinski definition) is 1. The Labute approximate surface area is 131 Å². The SMILES string of the molecule is CCC[C](CC=Cc1ccc(Br)cc1)C1CCCOC1. The number of ether oxygens (including phenoxy) is 1. The Kier molecular flexibility index (Phi) is 6.81. The van der Waals surface area contributed by atoms with Crippen molar-refractivity contribution in [3.05, 3.63) is 46.3 Å². The molecule has 0 bridgehead atoms. The summed E-state index contributed by atoms with van der Waals surface area (Å²) >= 11 is 3.47. The number of allylic oxidation sites excluding steroid dienone is 1. The molecule has 1 nitrogen and oxygen atoms in total. The van der Waals surface area contributed by atoms with Gasteiger partial charge >= 0.3 is 0 Å². The Balaban J connectivity index is 1.88. The molecular weight excluding hydrogens is 312 g/mol. The van der Waals surface area contributed by atoms with Crippen molar-refractivity contribution in [1.82, 2.24) is 0 Å². The van der Waals surface area contributed by atoms with Crippen molar-refractivity contribution in [3.8, 4) is 0 Å². The molecule has 1 aliphatic heterocycles. The number of rotatable bonds is 6. The van der Waals surface area contributed by atoms with E-state index in [-0.39, 0.29) is 0 Å². The first-order valence-electron chi connectivity index (χ1n) is 7.64. The number of benzene rings is 1. The molecule has 0 aliphatic carbocycles. The third-order valence-corrected chi connectivity index (χ3v) is 4.40. The second-order valence-corrected chi connectivity index (χ2v) is 6.40. The van der Waals surface area contributed by atoms with Crippen molar-refractivity contribution in [2.24, 2.45) is 5.92 Å². The first-order valence-corrected chi connectivity index (χ1v) is 8.43. The summed E-state index contributed by atoms with van der Waals surface area (Å²) in [6, 6.07) is 8.46. The first-order chi connectivity index (χ1) is 9.79. The summed E-state index contributed by atoms with van der Waals surface area (Å²) in [5.74, 6) is 2.35. The maximum atomic E-state index is 5.64. The Bertz CT molecular complexity index is 404. The molecule has 0 amide bonds. The molecule has 1 atom stereocenters. The highest BCUT2D eigenvalue weighted by Crippen LogP contribution is 2.31. The molecule has 0 saturated carbocycles. The van der Waals surface area contributed by atoms with Crippen LogP contribution in [0.5, 0.6) is 0 Å². The van der Waals surface area contributed by atoms with Gasteiger partial charge in [-0.2, -0.15) is 0 Å². The lowest BCUT2D eigenvalue weighted by Crippen LogP contribution is -2.23. The van der Waals surface area contributed by atoms with E-state index < -0.39 is 0 Å². The van der Waals surface area contributed by atoms with Crippen molar-refractivity contribution in [1.29, 1.82) is 0 Å². The fraction of sp³-hybridized carbons (Fsp3) is 0.500. The lowest BCUT2D eigenvalue weighted by molar-refractivity contribution is 0.0574. The molecule has 1 aromatic carbocycles. The highest BCUT2D eigenvalue weighted by atomic mass is 79.9. The van der Waals surface area contributed by atoms with Crippen LogP contribution < -0.4 is 0 Å². The zero-order valence-corrected chi connectivity index (χ0v) is 13.9. The zero-order valence-electron chi connectivity index (χ0n) is 12.3. The fourth-order valence-electron chi connectivity index (χ4n) is 2.78. The molecule has 109 valence electrons. The van der Waals surface area contributed by atoms with Gasteiger partial charge in [-0.3, -0.25) is 0 Å². The molecule has 0 N–H and O–H groups in total. The molecule has 0 spiro atoms. The lowest BCUT2D eigenvalue weighted by Gasteiger charge is -2.29. The van der Waals surface area contributed by atoms with E-state index in [2.05, 4.69) is 59.3 Å². The van der Waals surface area contributed by atoms with Crippen molar-refractivity contribution >= 4 is 22.0 Å². The molecule has 1 fully saturated rings. The van der Waals surface area contributed by atoms with Crippen molar-refractivity contribution < 1.29 is 4.74 Å². The van der Waals surface area contributed by atoms with Crippen LogP contribution in [0.15, 0.2) is 34.8 Å². The summed E-state index contributed by atoms with van der Waals surface area (Å²) in [5.41, 5.74) is 1.27.